The maximum absolute atomic E-state index is 12.5. The first-order valence-electron chi connectivity index (χ1n) is 8.12. The van der Waals surface area contributed by atoms with E-state index in [0.29, 0.717) is 32.7 Å². The minimum Gasteiger partial charge on any atom is -0.457 e. The number of nitrogens with one attached hydrogen (secondary N) is 1. The lowest BCUT2D eigenvalue weighted by atomic mass is 10.1. The second-order valence-electron chi connectivity index (χ2n) is 5.72. The van der Waals surface area contributed by atoms with Gasteiger partial charge in [0.25, 0.3) is 5.56 Å². The van der Waals surface area contributed by atoms with Gasteiger partial charge in [-0.2, -0.15) is 0 Å². The standard InChI is InChI=1S/C20H14ClN3O2S/c1-27-20-22-17(21)16-11-15(19(25)23-18(16)24-20)12-7-9-14(10-8-12)26-13-5-3-2-4-6-13/h2-11H,1H3,(H,22,23,24,25). The molecule has 7 heteroatoms. The van der Waals surface area contributed by atoms with E-state index in [1.807, 2.05) is 60.9 Å². The van der Waals surface area contributed by atoms with Crippen molar-refractivity contribution in [3.63, 3.8) is 0 Å². The lowest BCUT2D eigenvalue weighted by Gasteiger charge is -2.08. The Balaban J connectivity index is 1.70. The molecule has 134 valence electrons. The molecule has 0 bridgehead atoms. The molecule has 0 amide bonds. The van der Waals surface area contributed by atoms with Crippen molar-refractivity contribution < 1.29 is 4.74 Å². The molecule has 0 saturated carbocycles. The van der Waals surface area contributed by atoms with Gasteiger partial charge in [0.15, 0.2) is 5.16 Å². The molecule has 4 aromatic rings. The summed E-state index contributed by atoms with van der Waals surface area (Å²) in [6, 6.07) is 18.5. The third kappa shape index (κ3) is 3.67. The molecule has 1 N–H and O–H groups in total. The summed E-state index contributed by atoms with van der Waals surface area (Å²) in [6.07, 6.45) is 1.85. The van der Waals surface area contributed by atoms with E-state index in [9.17, 15) is 4.79 Å². The Kier molecular flexibility index (Phi) is 4.83. The van der Waals surface area contributed by atoms with Gasteiger partial charge in [-0.15, -0.1) is 0 Å². The summed E-state index contributed by atoms with van der Waals surface area (Å²) < 4.78 is 5.78. The van der Waals surface area contributed by atoms with Crippen LogP contribution in [-0.2, 0) is 0 Å². The van der Waals surface area contributed by atoms with Crippen LogP contribution in [0.5, 0.6) is 11.5 Å². The summed E-state index contributed by atoms with van der Waals surface area (Å²) in [4.78, 5) is 23.8. The van der Waals surface area contributed by atoms with Crippen LogP contribution in [0.1, 0.15) is 0 Å². The molecular weight excluding hydrogens is 382 g/mol. The van der Waals surface area contributed by atoms with Crippen LogP contribution < -0.4 is 10.3 Å². The van der Waals surface area contributed by atoms with E-state index in [2.05, 4.69) is 15.0 Å². The minimum absolute atomic E-state index is 0.235. The highest BCUT2D eigenvalue weighted by Gasteiger charge is 2.11. The van der Waals surface area contributed by atoms with Crippen LogP contribution in [0.15, 0.2) is 70.6 Å². The predicted octanol–water partition coefficient (Wildman–Crippen LogP) is 5.15. The lowest BCUT2D eigenvalue weighted by Crippen LogP contribution is -2.10. The number of halogens is 1. The zero-order valence-electron chi connectivity index (χ0n) is 14.3. The zero-order valence-corrected chi connectivity index (χ0v) is 15.8. The molecule has 4 rings (SSSR count). The monoisotopic (exact) mass is 395 g/mol. The largest absolute Gasteiger partial charge is 0.457 e. The first-order chi connectivity index (χ1) is 13.1. The summed E-state index contributed by atoms with van der Waals surface area (Å²) in [6.45, 7) is 0. The van der Waals surface area contributed by atoms with Gasteiger partial charge in [0.1, 0.15) is 22.3 Å². The maximum atomic E-state index is 12.5. The summed E-state index contributed by atoms with van der Waals surface area (Å²) in [5.41, 5.74) is 1.44. The number of pyridine rings is 1. The van der Waals surface area contributed by atoms with Gasteiger partial charge < -0.3 is 9.72 Å². The first-order valence-corrected chi connectivity index (χ1v) is 9.72. The number of benzene rings is 2. The molecule has 0 atom stereocenters. The van der Waals surface area contributed by atoms with Gasteiger partial charge in [-0.1, -0.05) is 53.7 Å². The fraction of sp³-hybridized carbons (Fsp3) is 0.0500. The van der Waals surface area contributed by atoms with Crippen molar-refractivity contribution in [3.8, 4) is 22.6 Å². The number of hydrogen-bond acceptors (Lipinski definition) is 5. The summed E-state index contributed by atoms with van der Waals surface area (Å²) in [5.74, 6) is 1.44. The van der Waals surface area contributed by atoms with Crippen molar-refractivity contribution in [2.24, 2.45) is 0 Å². The zero-order chi connectivity index (χ0) is 18.8. The number of para-hydroxylation sites is 1. The highest BCUT2D eigenvalue weighted by Crippen LogP contribution is 2.27. The highest BCUT2D eigenvalue weighted by atomic mass is 35.5. The fourth-order valence-electron chi connectivity index (χ4n) is 2.66. The number of aromatic amines is 1. The van der Waals surface area contributed by atoms with Crippen LogP contribution >= 0.6 is 23.4 Å². The smallest absolute Gasteiger partial charge is 0.257 e. The van der Waals surface area contributed by atoms with Gasteiger partial charge in [0, 0.05) is 5.56 Å². The quantitative estimate of drug-likeness (QED) is 0.294. The van der Waals surface area contributed by atoms with Gasteiger partial charge in [0.2, 0.25) is 0 Å². The molecule has 5 nitrogen and oxygen atoms in total. The summed E-state index contributed by atoms with van der Waals surface area (Å²) >= 11 is 7.63. The van der Waals surface area contributed by atoms with Crippen LogP contribution in [0.4, 0.5) is 0 Å². The molecule has 0 aliphatic rings. The molecule has 0 spiro atoms. The molecular formula is C20H14ClN3O2S. The SMILES string of the molecule is CSc1nc(Cl)c2cc(-c3ccc(Oc4ccccc4)cc3)c(=O)[nH]c2n1. The van der Waals surface area contributed by atoms with Crippen molar-refractivity contribution in [3.05, 3.63) is 76.2 Å². The Hall–Kier alpha value is -2.83. The number of H-pyrrole nitrogens is 1. The van der Waals surface area contributed by atoms with Crippen LogP contribution in [0.2, 0.25) is 5.15 Å². The average molecular weight is 396 g/mol. The Labute approximate surface area is 164 Å². The molecule has 27 heavy (non-hydrogen) atoms. The second kappa shape index (κ2) is 7.42. The third-order valence-electron chi connectivity index (χ3n) is 3.97. The second-order valence-corrected chi connectivity index (χ2v) is 6.85. The van der Waals surface area contributed by atoms with Gasteiger partial charge >= 0.3 is 0 Å². The van der Waals surface area contributed by atoms with Crippen LogP contribution in [-0.4, -0.2) is 21.2 Å². The van der Waals surface area contributed by atoms with Gasteiger partial charge in [0.05, 0.1) is 5.39 Å². The minimum atomic E-state index is -0.235. The topological polar surface area (TPSA) is 67.9 Å². The summed E-state index contributed by atoms with van der Waals surface area (Å²) in [7, 11) is 0. The Bertz CT molecular complexity index is 1160. The van der Waals surface area contributed by atoms with Crippen molar-refractivity contribution >= 4 is 34.4 Å². The number of nitrogens with zero attached hydrogens (tertiary/aromatic N) is 2. The molecule has 2 aromatic carbocycles. The Morgan fingerprint density at radius 2 is 1.70 bits per heavy atom. The lowest BCUT2D eigenvalue weighted by molar-refractivity contribution is 0.483. The number of rotatable bonds is 4. The van der Waals surface area contributed by atoms with E-state index in [4.69, 9.17) is 16.3 Å². The van der Waals surface area contributed by atoms with E-state index in [1.165, 1.54) is 11.8 Å². The molecule has 0 fully saturated rings. The normalized spacial score (nSPS) is 10.9. The third-order valence-corrected chi connectivity index (χ3v) is 4.81. The number of aromatic nitrogens is 3. The average Bonchev–Trinajstić information content (AvgIpc) is 2.69. The molecule has 0 radical (unpaired) electrons. The van der Waals surface area contributed by atoms with Crippen molar-refractivity contribution in [1.29, 1.82) is 0 Å². The fourth-order valence-corrected chi connectivity index (χ4v) is 3.30. The van der Waals surface area contributed by atoms with Crippen LogP contribution in [0.25, 0.3) is 22.2 Å². The van der Waals surface area contributed by atoms with Crippen LogP contribution in [0.3, 0.4) is 0 Å². The number of hydrogen-bond donors (Lipinski definition) is 1. The molecule has 0 aliphatic heterocycles. The van der Waals surface area contributed by atoms with Crippen molar-refractivity contribution in [2.45, 2.75) is 5.16 Å². The predicted molar refractivity (Wildman–Crippen MR) is 109 cm³/mol. The highest BCUT2D eigenvalue weighted by molar-refractivity contribution is 7.98. The van der Waals surface area contributed by atoms with Gasteiger partial charge in [-0.05, 0) is 42.2 Å². The Morgan fingerprint density at radius 3 is 2.41 bits per heavy atom. The maximum Gasteiger partial charge on any atom is 0.257 e. The molecule has 0 saturated heterocycles. The van der Waals surface area contributed by atoms with E-state index < -0.39 is 0 Å². The molecule has 2 aromatic heterocycles. The van der Waals surface area contributed by atoms with E-state index in [1.54, 1.807) is 6.07 Å². The van der Waals surface area contributed by atoms with E-state index >= 15 is 0 Å². The number of ether oxygens (including phenoxy) is 1. The van der Waals surface area contributed by atoms with Crippen molar-refractivity contribution in [1.82, 2.24) is 15.0 Å². The van der Waals surface area contributed by atoms with Crippen LogP contribution in [0, 0.1) is 0 Å². The Morgan fingerprint density at radius 1 is 1.00 bits per heavy atom. The molecule has 0 unspecified atom stereocenters. The molecule has 0 aliphatic carbocycles. The molecule has 2 heterocycles. The summed E-state index contributed by atoms with van der Waals surface area (Å²) in [5, 5.41) is 1.43. The number of thioether (sulfide) groups is 1. The van der Waals surface area contributed by atoms with Crippen molar-refractivity contribution in [2.75, 3.05) is 6.26 Å². The number of fused-ring (bicyclic) bond motifs is 1. The van der Waals surface area contributed by atoms with E-state index in [0.717, 1.165) is 11.3 Å². The first kappa shape index (κ1) is 17.6. The van der Waals surface area contributed by atoms with Gasteiger partial charge in [-0.3, -0.25) is 4.79 Å². The van der Waals surface area contributed by atoms with E-state index in [-0.39, 0.29) is 5.56 Å². The van der Waals surface area contributed by atoms with Gasteiger partial charge in [-0.25, -0.2) is 9.97 Å².